The van der Waals surface area contributed by atoms with E-state index in [4.69, 9.17) is 0 Å². The molecule has 0 saturated carbocycles. The van der Waals surface area contributed by atoms with Crippen LogP contribution in [0.2, 0.25) is 0 Å². The number of halogens is 2. The van der Waals surface area contributed by atoms with Crippen LogP contribution in [-0.2, 0) is 6.54 Å². The second kappa shape index (κ2) is 11.2. The second-order valence-electron chi connectivity index (χ2n) is 5.19. The van der Waals surface area contributed by atoms with Crippen LogP contribution < -0.4 is 15.5 Å². The van der Waals surface area contributed by atoms with E-state index < -0.39 is 0 Å². The van der Waals surface area contributed by atoms with E-state index in [1.54, 1.807) is 30.5 Å². The summed E-state index contributed by atoms with van der Waals surface area (Å²) < 4.78 is 13.2. The van der Waals surface area contributed by atoms with Gasteiger partial charge in [-0.3, -0.25) is 4.99 Å². The number of nitrogens with zero attached hydrogens (tertiary/aromatic N) is 2. The molecule has 0 radical (unpaired) electrons. The zero-order valence-corrected chi connectivity index (χ0v) is 17.1. The second-order valence-corrected chi connectivity index (χ2v) is 6.22. The van der Waals surface area contributed by atoms with Gasteiger partial charge in [0.1, 0.15) is 5.82 Å². The SMILES string of the molecule is CN=C(NCCCN(C)c1cccc(F)c1)NCc1cccs1.I. The van der Waals surface area contributed by atoms with Crippen molar-refractivity contribution in [2.45, 2.75) is 13.0 Å². The van der Waals surface area contributed by atoms with Crippen LogP contribution in [0.3, 0.4) is 0 Å². The van der Waals surface area contributed by atoms with Crippen molar-refractivity contribution >= 4 is 47.0 Å². The fourth-order valence-corrected chi connectivity index (χ4v) is 2.81. The van der Waals surface area contributed by atoms with Gasteiger partial charge in [-0.1, -0.05) is 12.1 Å². The number of anilines is 1. The molecule has 0 atom stereocenters. The number of aliphatic imine (C=N–C) groups is 1. The summed E-state index contributed by atoms with van der Waals surface area (Å²) in [5.74, 6) is 0.595. The fraction of sp³-hybridized carbons (Fsp3) is 0.353. The average molecular weight is 462 g/mol. The third-order valence-corrected chi connectivity index (χ3v) is 4.32. The van der Waals surface area contributed by atoms with E-state index in [0.717, 1.165) is 37.7 Å². The van der Waals surface area contributed by atoms with Crippen LogP contribution in [0.1, 0.15) is 11.3 Å². The Morgan fingerprint density at radius 3 is 2.75 bits per heavy atom. The number of hydrogen-bond donors (Lipinski definition) is 2. The Balaban J connectivity index is 0.00000288. The lowest BCUT2D eigenvalue weighted by atomic mass is 10.2. The normalized spacial score (nSPS) is 10.9. The predicted octanol–water partition coefficient (Wildman–Crippen LogP) is 3.70. The summed E-state index contributed by atoms with van der Waals surface area (Å²) in [7, 11) is 3.74. The summed E-state index contributed by atoms with van der Waals surface area (Å²) in [6.45, 7) is 2.43. The molecule has 1 aromatic heterocycles. The van der Waals surface area contributed by atoms with Crippen LogP contribution in [0.4, 0.5) is 10.1 Å². The first kappa shape index (κ1) is 20.7. The van der Waals surface area contributed by atoms with Crippen LogP contribution >= 0.6 is 35.3 Å². The number of guanidine groups is 1. The number of nitrogens with one attached hydrogen (secondary N) is 2. The van der Waals surface area contributed by atoms with Gasteiger partial charge in [0.2, 0.25) is 0 Å². The summed E-state index contributed by atoms with van der Waals surface area (Å²) >= 11 is 1.72. The molecule has 7 heteroatoms. The molecular formula is C17H24FIN4S. The molecule has 0 amide bonds. The summed E-state index contributed by atoms with van der Waals surface area (Å²) in [6.07, 6.45) is 0.937. The number of rotatable bonds is 7. The van der Waals surface area contributed by atoms with E-state index in [2.05, 4.69) is 27.1 Å². The number of benzene rings is 1. The maximum Gasteiger partial charge on any atom is 0.191 e. The minimum atomic E-state index is -0.203. The van der Waals surface area contributed by atoms with Crippen molar-refractivity contribution in [2.24, 2.45) is 4.99 Å². The molecule has 4 nitrogen and oxygen atoms in total. The zero-order chi connectivity index (χ0) is 16.5. The lowest BCUT2D eigenvalue weighted by Crippen LogP contribution is -2.38. The first-order chi connectivity index (χ1) is 11.2. The molecule has 0 saturated heterocycles. The van der Waals surface area contributed by atoms with Gasteiger partial charge in [-0.05, 0) is 36.1 Å². The molecule has 0 bridgehead atoms. The Kier molecular flexibility index (Phi) is 9.70. The number of thiophene rings is 1. The Hall–Kier alpha value is -1.35. The molecule has 0 spiro atoms. The van der Waals surface area contributed by atoms with Crippen LogP contribution in [0.15, 0.2) is 46.8 Å². The van der Waals surface area contributed by atoms with Crippen LogP contribution in [0, 0.1) is 5.82 Å². The summed E-state index contributed by atoms with van der Waals surface area (Å²) in [4.78, 5) is 7.53. The van der Waals surface area contributed by atoms with E-state index in [1.807, 2.05) is 24.1 Å². The Morgan fingerprint density at radius 2 is 2.08 bits per heavy atom. The highest BCUT2D eigenvalue weighted by Crippen LogP contribution is 2.13. The van der Waals surface area contributed by atoms with E-state index in [9.17, 15) is 4.39 Å². The highest BCUT2D eigenvalue weighted by molar-refractivity contribution is 14.0. The minimum Gasteiger partial charge on any atom is -0.374 e. The molecule has 132 valence electrons. The van der Waals surface area contributed by atoms with Gasteiger partial charge in [-0.15, -0.1) is 35.3 Å². The van der Waals surface area contributed by atoms with Crippen molar-refractivity contribution in [3.05, 3.63) is 52.5 Å². The predicted molar refractivity (Wildman–Crippen MR) is 112 cm³/mol. The summed E-state index contributed by atoms with van der Waals surface area (Å²) in [6, 6.07) is 10.8. The van der Waals surface area contributed by atoms with Gasteiger partial charge in [0.05, 0.1) is 6.54 Å². The molecule has 2 N–H and O–H groups in total. The Labute approximate surface area is 164 Å². The Morgan fingerprint density at radius 1 is 1.25 bits per heavy atom. The van der Waals surface area contributed by atoms with Crippen LogP contribution in [0.25, 0.3) is 0 Å². The molecule has 0 fully saturated rings. The maximum atomic E-state index is 13.2. The van der Waals surface area contributed by atoms with Gasteiger partial charge in [-0.2, -0.15) is 0 Å². The van der Waals surface area contributed by atoms with Gasteiger partial charge in [0.25, 0.3) is 0 Å². The molecule has 24 heavy (non-hydrogen) atoms. The topological polar surface area (TPSA) is 39.7 Å². The van der Waals surface area contributed by atoms with Gasteiger partial charge in [0, 0.05) is 37.7 Å². The quantitative estimate of drug-likeness (QED) is 0.285. The van der Waals surface area contributed by atoms with E-state index in [-0.39, 0.29) is 29.8 Å². The van der Waals surface area contributed by atoms with Crippen molar-refractivity contribution in [1.82, 2.24) is 10.6 Å². The molecule has 0 aliphatic rings. The fourth-order valence-electron chi connectivity index (χ4n) is 2.17. The lowest BCUT2D eigenvalue weighted by molar-refractivity contribution is 0.626. The van der Waals surface area contributed by atoms with Crippen molar-refractivity contribution in [2.75, 3.05) is 32.1 Å². The van der Waals surface area contributed by atoms with Crippen molar-refractivity contribution in [1.29, 1.82) is 0 Å². The van der Waals surface area contributed by atoms with Gasteiger partial charge >= 0.3 is 0 Å². The highest BCUT2D eigenvalue weighted by atomic mass is 127. The smallest absolute Gasteiger partial charge is 0.191 e. The molecule has 1 aromatic carbocycles. The van der Waals surface area contributed by atoms with Crippen molar-refractivity contribution < 1.29 is 4.39 Å². The van der Waals surface area contributed by atoms with Crippen molar-refractivity contribution in [3.8, 4) is 0 Å². The molecule has 1 heterocycles. The van der Waals surface area contributed by atoms with Crippen LogP contribution in [-0.4, -0.2) is 33.1 Å². The van der Waals surface area contributed by atoms with E-state index in [0.29, 0.717) is 0 Å². The zero-order valence-electron chi connectivity index (χ0n) is 14.0. The third-order valence-electron chi connectivity index (χ3n) is 3.45. The van der Waals surface area contributed by atoms with E-state index >= 15 is 0 Å². The van der Waals surface area contributed by atoms with Gasteiger partial charge < -0.3 is 15.5 Å². The minimum absolute atomic E-state index is 0. The largest absolute Gasteiger partial charge is 0.374 e. The van der Waals surface area contributed by atoms with Gasteiger partial charge in [0.15, 0.2) is 5.96 Å². The molecule has 0 aliphatic carbocycles. The van der Waals surface area contributed by atoms with Crippen molar-refractivity contribution in [3.63, 3.8) is 0 Å². The third kappa shape index (κ3) is 7.04. The summed E-state index contributed by atoms with van der Waals surface area (Å²) in [5.41, 5.74) is 0.894. The highest BCUT2D eigenvalue weighted by Gasteiger charge is 2.03. The summed E-state index contributed by atoms with van der Waals surface area (Å²) in [5, 5.41) is 8.64. The average Bonchev–Trinajstić information content (AvgIpc) is 3.07. The van der Waals surface area contributed by atoms with E-state index in [1.165, 1.54) is 10.9 Å². The standard InChI is InChI=1S/C17H23FN4S.HI/c1-19-17(21-13-16-8-4-11-23-16)20-9-5-10-22(2)15-7-3-6-14(18)12-15;/h3-4,6-8,11-12H,5,9-10,13H2,1-2H3,(H2,19,20,21);1H. The number of hydrogen-bond acceptors (Lipinski definition) is 3. The lowest BCUT2D eigenvalue weighted by Gasteiger charge is -2.19. The first-order valence-electron chi connectivity index (χ1n) is 7.62. The monoisotopic (exact) mass is 462 g/mol. The molecule has 0 unspecified atom stereocenters. The van der Waals surface area contributed by atoms with Crippen LogP contribution in [0.5, 0.6) is 0 Å². The molecule has 2 aromatic rings. The maximum absolute atomic E-state index is 13.2. The molecule has 2 rings (SSSR count). The molecular weight excluding hydrogens is 438 g/mol. The van der Waals surface area contributed by atoms with Gasteiger partial charge in [-0.25, -0.2) is 4.39 Å². The first-order valence-corrected chi connectivity index (χ1v) is 8.50. The Bertz CT molecular complexity index is 619. The molecule has 0 aliphatic heterocycles.